The first-order chi connectivity index (χ1) is 10.1. The first-order valence-corrected chi connectivity index (χ1v) is 8.96. The Morgan fingerprint density at radius 2 is 1.62 bits per heavy atom. The molecule has 1 saturated heterocycles. The standard InChI is InChI=1S/C17H20NO2P/c1-14-17(16-11-7-4-8-12-16)20-21(19,18(14)2)13-15-9-5-3-6-10-15/h3-12,14,17H,13H2,1-2H3/t14-,17-,21-/m0/s1. The largest absolute Gasteiger partial charge is 0.307 e. The average Bonchev–Trinajstić information content (AvgIpc) is 2.74. The quantitative estimate of drug-likeness (QED) is 0.783. The predicted octanol–water partition coefficient (Wildman–Crippen LogP) is 4.47. The third kappa shape index (κ3) is 2.82. The van der Waals surface area contributed by atoms with E-state index in [9.17, 15) is 4.57 Å². The first kappa shape index (κ1) is 14.5. The maximum Gasteiger partial charge on any atom is 0.277 e. The summed E-state index contributed by atoms with van der Waals surface area (Å²) in [6.45, 7) is 2.07. The maximum absolute atomic E-state index is 13.2. The molecule has 0 aromatic heterocycles. The Morgan fingerprint density at radius 3 is 2.24 bits per heavy atom. The second-order valence-electron chi connectivity index (χ2n) is 5.53. The van der Waals surface area contributed by atoms with Crippen LogP contribution in [0.15, 0.2) is 60.7 Å². The van der Waals surface area contributed by atoms with Crippen LogP contribution >= 0.6 is 7.52 Å². The lowest BCUT2D eigenvalue weighted by Crippen LogP contribution is -2.23. The summed E-state index contributed by atoms with van der Waals surface area (Å²) in [5, 5.41) is 0. The van der Waals surface area contributed by atoms with Gasteiger partial charge in [-0.1, -0.05) is 60.7 Å². The van der Waals surface area contributed by atoms with E-state index in [1.165, 1.54) is 0 Å². The topological polar surface area (TPSA) is 29.5 Å². The molecular weight excluding hydrogens is 281 g/mol. The lowest BCUT2D eigenvalue weighted by Gasteiger charge is -2.20. The average molecular weight is 301 g/mol. The summed E-state index contributed by atoms with van der Waals surface area (Å²) < 4.78 is 21.2. The number of hydrogen-bond donors (Lipinski definition) is 0. The van der Waals surface area contributed by atoms with Gasteiger partial charge in [0.1, 0.15) is 6.10 Å². The normalized spacial score (nSPS) is 29.6. The third-order valence-electron chi connectivity index (χ3n) is 4.14. The molecule has 110 valence electrons. The molecule has 0 amide bonds. The van der Waals surface area contributed by atoms with Crippen molar-refractivity contribution in [2.24, 2.45) is 0 Å². The van der Waals surface area contributed by atoms with Gasteiger partial charge in [0.05, 0.1) is 6.16 Å². The fourth-order valence-corrected chi connectivity index (χ4v) is 5.21. The van der Waals surface area contributed by atoms with Crippen LogP contribution in [0.1, 0.15) is 24.2 Å². The fraction of sp³-hybridized carbons (Fsp3) is 0.294. The molecule has 0 bridgehead atoms. The van der Waals surface area contributed by atoms with Gasteiger partial charge >= 0.3 is 0 Å². The third-order valence-corrected chi connectivity index (χ3v) is 6.79. The first-order valence-electron chi connectivity index (χ1n) is 7.20. The van der Waals surface area contributed by atoms with Crippen LogP contribution in [-0.4, -0.2) is 17.8 Å². The smallest absolute Gasteiger partial charge is 0.277 e. The number of likely N-dealkylation sites (N-methyl/N-ethyl adjacent to an activating group) is 1. The number of benzene rings is 2. The van der Waals surface area contributed by atoms with Crippen LogP contribution in [0.4, 0.5) is 0 Å². The summed E-state index contributed by atoms with van der Waals surface area (Å²) in [6, 6.07) is 20.0. The van der Waals surface area contributed by atoms with Gasteiger partial charge in [-0.25, -0.2) is 4.67 Å². The van der Waals surface area contributed by atoms with Gasteiger partial charge in [0.25, 0.3) is 7.52 Å². The van der Waals surface area contributed by atoms with Crippen molar-refractivity contribution < 1.29 is 9.09 Å². The van der Waals surface area contributed by atoms with E-state index in [0.29, 0.717) is 6.16 Å². The van der Waals surface area contributed by atoms with E-state index in [2.05, 4.69) is 6.92 Å². The Hall–Kier alpha value is -1.41. The molecule has 3 nitrogen and oxygen atoms in total. The highest BCUT2D eigenvalue weighted by Crippen LogP contribution is 2.63. The van der Waals surface area contributed by atoms with Gasteiger partial charge < -0.3 is 4.52 Å². The monoisotopic (exact) mass is 301 g/mol. The molecule has 4 heteroatoms. The molecule has 2 aromatic rings. The van der Waals surface area contributed by atoms with Crippen LogP contribution in [0.5, 0.6) is 0 Å². The Bertz CT molecular complexity index is 644. The minimum absolute atomic E-state index is 0.0990. The molecule has 21 heavy (non-hydrogen) atoms. The molecule has 1 fully saturated rings. The van der Waals surface area contributed by atoms with Gasteiger partial charge in [-0.15, -0.1) is 0 Å². The van der Waals surface area contributed by atoms with Gasteiger partial charge in [-0.05, 0) is 25.1 Å². The number of hydrogen-bond acceptors (Lipinski definition) is 2. The van der Waals surface area contributed by atoms with E-state index in [1.54, 1.807) is 0 Å². The Balaban J connectivity index is 1.86. The summed E-state index contributed by atoms with van der Waals surface area (Å²) in [7, 11) is -0.927. The Labute approximate surface area is 126 Å². The molecule has 0 saturated carbocycles. The van der Waals surface area contributed by atoms with Crippen LogP contribution in [0.25, 0.3) is 0 Å². The minimum Gasteiger partial charge on any atom is -0.307 e. The Kier molecular flexibility index (Phi) is 3.99. The van der Waals surface area contributed by atoms with Crippen LogP contribution in [-0.2, 0) is 15.3 Å². The highest BCUT2D eigenvalue weighted by molar-refractivity contribution is 7.55. The van der Waals surface area contributed by atoms with E-state index in [0.717, 1.165) is 11.1 Å². The lowest BCUT2D eigenvalue weighted by molar-refractivity contribution is 0.210. The molecule has 0 N–H and O–H groups in total. The maximum atomic E-state index is 13.2. The highest BCUT2D eigenvalue weighted by Gasteiger charge is 2.46. The van der Waals surface area contributed by atoms with Gasteiger partial charge in [0.2, 0.25) is 0 Å². The van der Waals surface area contributed by atoms with E-state index in [1.807, 2.05) is 72.4 Å². The number of rotatable bonds is 3. The summed E-state index contributed by atoms with van der Waals surface area (Å²) in [4.78, 5) is 0. The van der Waals surface area contributed by atoms with Gasteiger partial charge in [-0.2, -0.15) is 0 Å². The van der Waals surface area contributed by atoms with Crippen molar-refractivity contribution in [2.75, 3.05) is 7.05 Å². The molecule has 3 atom stereocenters. The summed E-state index contributed by atoms with van der Waals surface area (Å²) in [5.74, 6) is 0. The van der Waals surface area contributed by atoms with Crippen molar-refractivity contribution in [3.8, 4) is 0 Å². The highest BCUT2D eigenvalue weighted by atomic mass is 31.2. The van der Waals surface area contributed by atoms with Crippen molar-refractivity contribution in [3.05, 3.63) is 71.8 Å². The van der Waals surface area contributed by atoms with E-state index in [4.69, 9.17) is 4.52 Å². The van der Waals surface area contributed by atoms with Crippen molar-refractivity contribution in [1.29, 1.82) is 0 Å². The van der Waals surface area contributed by atoms with Crippen molar-refractivity contribution >= 4 is 7.52 Å². The van der Waals surface area contributed by atoms with Crippen LogP contribution in [0, 0.1) is 0 Å². The van der Waals surface area contributed by atoms with E-state index >= 15 is 0 Å². The molecule has 0 spiro atoms. The summed E-state index contributed by atoms with van der Waals surface area (Å²) in [5.41, 5.74) is 2.14. The predicted molar refractivity (Wildman–Crippen MR) is 85.2 cm³/mol. The minimum atomic E-state index is -2.83. The molecular formula is C17H20NO2P. The molecule has 0 radical (unpaired) electrons. The zero-order chi connectivity index (χ0) is 14.9. The molecule has 2 aromatic carbocycles. The lowest BCUT2D eigenvalue weighted by atomic mass is 10.0. The van der Waals surface area contributed by atoms with Crippen molar-refractivity contribution in [3.63, 3.8) is 0 Å². The Morgan fingerprint density at radius 1 is 1.05 bits per heavy atom. The van der Waals surface area contributed by atoms with Crippen molar-refractivity contribution in [1.82, 2.24) is 4.67 Å². The molecule has 0 aliphatic carbocycles. The van der Waals surface area contributed by atoms with Crippen LogP contribution in [0.3, 0.4) is 0 Å². The SMILES string of the molecule is C[C@H]1[C@@H](c2ccccc2)O[P@@](=O)(Cc2ccccc2)N1C. The second kappa shape index (κ2) is 5.76. The molecule has 1 aliphatic heterocycles. The van der Waals surface area contributed by atoms with E-state index in [-0.39, 0.29) is 12.1 Å². The molecule has 3 rings (SSSR count). The van der Waals surface area contributed by atoms with Gasteiger partial charge in [0.15, 0.2) is 0 Å². The van der Waals surface area contributed by atoms with Gasteiger partial charge in [0, 0.05) is 6.04 Å². The van der Waals surface area contributed by atoms with E-state index < -0.39 is 7.52 Å². The van der Waals surface area contributed by atoms with Gasteiger partial charge in [-0.3, -0.25) is 4.57 Å². The molecule has 0 unspecified atom stereocenters. The zero-order valence-electron chi connectivity index (χ0n) is 12.3. The second-order valence-corrected chi connectivity index (χ2v) is 7.97. The number of nitrogens with zero attached hydrogens (tertiary/aromatic N) is 1. The summed E-state index contributed by atoms with van der Waals surface area (Å²) in [6.07, 6.45) is 0.323. The summed E-state index contributed by atoms with van der Waals surface area (Å²) >= 11 is 0. The van der Waals surface area contributed by atoms with Crippen molar-refractivity contribution in [2.45, 2.75) is 25.2 Å². The van der Waals surface area contributed by atoms with Crippen LogP contribution < -0.4 is 0 Å². The molecule has 1 aliphatic rings. The fourth-order valence-electron chi connectivity index (χ4n) is 2.76. The molecule has 1 heterocycles. The van der Waals surface area contributed by atoms with Crippen LogP contribution in [0.2, 0.25) is 0 Å². The zero-order valence-corrected chi connectivity index (χ0v) is 13.2.